The molecule has 1 aromatic carbocycles. The van der Waals surface area contributed by atoms with E-state index < -0.39 is 11.6 Å². The van der Waals surface area contributed by atoms with Crippen LogP contribution in [-0.4, -0.2) is 65.3 Å². The van der Waals surface area contributed by atoms with Crippen molar-refractivity contribution in [1.29, 1.82) is 0 Å². The fourth-order valence-electron chi connectivity index (χ4n) is 6.11. The van der Waals surface area contributed by atoms with Gasteiger partial charge in [-0.1, -0.05) is 13.5 Å². The van der Waals surface area contributed by atoms with Crippen LogP contribution in [0.1, 0.15) is 42.9 Å². The van der Waals surface area contributed by atoms with Gasteiger partial charge in [0.1, 0.15) is 17.2 Å². The molecule has 2 aromatic rings. The lowest BCUT2D eigenvalue weighted by atomic mass is 9.85. The molecule has 3 atom stereocenters. The zero-order chi connectivity index (χ0) is 27.5. The normalized spacial score (nSPS) is 22.4. The number of aryl methyl sites for hydroxylation is 1. The van der Waals surface area contributed by atoms with Crippen LogP contribution in [0.25, 0.3) is 11.1 Å². The molecule has 1 aromatic heterocycles. The number of piperazine rings is 1. The van der Waals surface area contributed by atoms with E-state index in [0.29, 0.717) is 38.0 Å². The summed E-state index contributed by atoms with van der Waals surface area (Å²) in [5, 5.41) is 0. The second-order valence-electron chi connectivity index (χ2n) is 11.3. The summed E-state index contributed by atoms with van der Waals surface area (Å²) in [6.07, 6.45) is 3.91. The maximum atomic E-state index is 14.5. The predicted octanol–water partition coefficient (Wildman–Crippen LogP) is 4.17. The number of aromatic nitrogens is 1. The molecule has 2 bridgehead atoms. The highest BCUT2D eigenvalue weighted by atomic mass is 19.1. The lowest BCUT2D eigenvalue weighted by Crippen LogP contribution is -2.69. The standard InChI is InChI=1S/C30H38FN3O4/c1-17-18(2)28(35)32(5)15-24(17)21-10-26(37-6)25(27(11-21)38-7)16-34-22-12-23(34)14-33(13-22)29(36)19(3)20(4)30(31)8-9-30/h10-11,15,20,22-23H,3,8-9,12-14,16H2,1-2,4-7H3. The molecule has 38 heavy (non-hydrogen) atoms. The summed E-state index contributed by atoms with van der Waals surface area (Å²) in [6, 6.07) is 4.46. The number of rotatable bonds is 8. The van der Waals surface area contributed by atoms with Crippen LogP contribution in [0.2, 0.25) is 0 Å². The zero-order valence-electron chi connectivity index (χ0n) is 23.3. The monoisotopic (exact) mass is 523 g/mol. The number of carbonyl (C=O) groups excluding carboxylic acids is 1. The van der Waals surface area contributed by atoms with Crippen molar-refractivity contribution in [3.05, 3.63) is 57.5 Å². The fourth-order valence-corrected chi connectivity index (χ4v) is 6.11. The lowest BCUT2D eigenvalue weighted by molar-refractivity contribution is -0.141. The third-order valence-corrected chi connectivity index (χ3v) is 9.12. The minimum absolute atomic E-state index is 0.00609. The third-order valence-electron chi connectivity index (χ3n) is 9.12. The number of alkyl halides is 1. The van der Waals surface area contributed by atoms with E-state index in [0.717, 1.165) is 45.7 Å². The molecule has 0 N–H and O–H groups in total. The first-order chi connectivity index (χ1) is 18.0. The van der Waals surface area contributed by atoms with Crippen molar-refractivity contribution in [3.8, 4) is 22.6 Å². The topological polar surface area (TPSA) is 64.0 Å². The fraction of sp³-hybridized carbons (Fsp3) is 0.533. The van der Waals surface area contributed by atoms with Gasteiger partial charge in [-0.15, -0.1) is 0 Å². The maximum absolute atomic E-state index is 14.5. The number of ether oxygens (including phenoxy) is 2. The van der Waals surface area contributed by atoms with Crippen molar-refractivity contribution < 1.29 is 18.7 Å². The first kappa shape index (κ1) is 26.5. The summed E-state index contributed by atoms with van der Waals surface area (Å²) in [5.41, 5.74) is 3.63. The number of nitrogens with zero attached hydrogens (tertiary/aromatic N) is 3. The van der Waals surface area contributed by atoms with E-state index in [1.165, 1.54) is 0 Å². The smallest absolute Gasteiger partial charge is 0.253 e. The molecule has 3 saturated heterocycles. The Labute approximate surface area is 223 Å². The van der Waals surface area contributed by atoms with Crippen LogP contribution >= 0.6 is 0 Å². The summed E-state index contributed by atoms with van der Waals surface area (Å²) >= 11 is 0. The van der Waals surface area contributed by atoms with Gasteiger partial charge in [-0.25, -0.2) is 4.39 Å². The highest BCUT2D eigenvalue weighted by Gasteiger charge is 2.52. The van der Waals surface area contributed by atoms with Crippen LogP contribution in [0, 0.1) is 19.8 Å². The number of pyridine rings is 1. The number of benzene rings is 1. The molecule has 4 heterocycles. The van der Waals surface area contributed by atoms with Crippen molar-refractivity contribution >= 4 is 5.91 Å². The van der Waals surface area contributed by atoms with Crippen molar-refractivity contribution in [3.63, 3.8) is 0 Å². The molecule has 4 aliphatic rings. The van der Waals surface area contributed by atoms with Gasteiger partial charge in [0, 0.05) is 67.6 Å². The molecule has 3 unspecified atom stereocenters. The number of hydrogen-bond donors (Lipinski definition) is 0. The van der Waals surface area contributed by atoms with Gasteiger partial charge in [-0.3, -0.25) is 14.5 Å². The van der Waals surface area contributed by atoms with E-state index >= 15 is 0 Å². The van der Waals surface area contributed by atoms with Crippen LogP contribution in [-0.2, 0) is 18.4 Å². The highest BCUT2D eigenvalue weighted by molar-refractivity contribution is 5.93. The average molecular weight is 524 g/mol. The number of fused-ring (bicyclic) bond motifs is 2. The molecular weight excluding hydrogens is 485 g/mol. The molecule has 4 fully saturated rings. The number of hydrogen-bond acceptors (Lipinski definition) is 5. The average Bonchev–Trinajstić information content (AvgIpc) is 3.68. The minimum atomic E-state index is -1.25. The molecular formula is C30H38FN3O4. The van der Waals surface area contributed by atoms with Crippen molar-refractivity contribution in [2.45, 2.75) is 64.3 Å². The molecule has 8 heteroatoms. The number of carbonyl (C=O) groups is 1. The van der Waals surface area contributed by atoms with Gasteiger partial charge in [-0.2, -0.15) is 0 Å². The van der Waals surface area contributed by atoms with E-state index in [-0.39, 0.29) is 23.6 Å². The summed E-state index contributed by atoms with van der Waals surface area (Å²) in [7, 11) is 5.07. The molecule has 0 radical (unpaired) electrons. The molecule has 6 rings (SSSR count). The first-order valence-corrected chi connectivity index (χ1v) is 13.3. The minimum Gasteiger partial charge on any atom is -0.496 e. The van der Waals surface area contributed by atoms with E-state index in [4.69, 9.17) is 9.47 Å². The third kappa shape index (κ3) is 4.32. The Morgan fingerprint density at radius 2 is 1.71 bits per heavy atom. The highest BCUT2D eigenvalue weighted by Crippen LogP contribution is 2.49. The molecule has 1 amide bonds. The Hall–Kier alpha value is -3.13. The molecule has 204 valence electrons. The Bertz CT molecular complexity index is 1320. The predicted molar refractivity (Wildman–Crippen MR) is 145 cm³/mol. The van der Waals surface area contributed by atoms with Crippen molar-refractivity contribution in [2.75, 3.05) is 27.3 Å². The van der Waals surface area contributed by atoms with Gasteiger partial charge in [0.05, 0.1) is 19.8 Å². The van der Waals surface area contributed by atoms with Gasteiger partial charge in [0.25, 0.3) is 5.56 Å². The van der Waals surface area contributed by atoms with E-state index in [1.807, 2.05) is 37.1 Å². The van der Waals surface area contributed by atoms with Crippen LogP contribution in [0.4, 0.5) is 4.39 Å². The SMILES string of the molecule is C=C(C(=O)N1CC2CC(C1)N2Cc1c(OC)cc(-c2cn(C)c(=O)c(C)c2C)cc1OC)C(C)C1(F)CC1. The molecule has 1 saturated carbocycles. The molecule has 0 spiro atoms. The Morgan fingerprint density at radius 1 is 1.13 bits per heavy atom. The van der Waals surface area contributed by atoms with Gasteiger partial charge in [0.2, 0.25) is 5.91 Å². The Morgan fingerprint density at radius 3 is 2.24 bits per heavy atom. The quantitative estimate of drug-likeness (QED) is 0.486. The summed E-state index contributed by atoms with van der Waals surface area (Å²) < 4.78 is 27.8. The van der Waals surface area contributed by atoms with Crippen LogP contribution in [0.5, 0.6) is 11.5 Å². The van der Waals surface area contributed by atoms with Crippen molar-refractivity contribution in [1.82, 2.24) is 14.4 Å². The molecule has 7 nitrogen and oxygen atoms in total. The number of methoxy groups -OCH3 is 2. The van der Waals surface area contributed by atoms with E-state index in [9.17, 15) is 14.0 Å². The van der Waals surface area contributed by atoms with Crippen LogP contribution in [0.15, 0.2) is 35.3 Å². The van der Waals surface area contributed by atoms with E-state index in [1.54, 1.807) is 32.8 Å². The Kier molecular flexibility index (Phi) is 6.66. The number of halogens is 1. The zero-order valence-corrected chi connectivity index (χ0v) is 23.3. The summed E-state index contributed by atoms with van der Waals surface area (Å²) in [6.45, 7) is 11.4. The van der Waals surface area contributed by atoms with Crippen LogP contribution < -0.4 is 15.0 Å². The number of amides is 1. The first-order valence-electron chi connectivity index (χ1n) is 13.3. The summed E-state index contributed by atoms with van der Waals surface area (Å²) in [5.74, 6) is 0.903. The maximum Gasteiger partial charge on any atom is 0.253 e. The molecule has 3 aliphatic heterocycles. The molecule has 1 aliphatic carbocycles. The number of piperidine rings is 1. The van der Waals surface area contributed by atoms with E-state index in [2.05, 4.69) is 11.5 Å². The van der Waals surface area contributed by atoms with Gasteiger partial charge in [-0.05, 0) is 56.4 Å². The lowest BCUT2D eigenvalue weighted by Gasteiger charge is -2.56. The second-order valence-corrected chi connectivity index (χ2v) is 11.3. The Balaban J connectivity index is 1.35. The van der Waals surface area contributed by atoms with Crippen molar-refractivity contribution in [2.24, 2.45) is 13.0 Å². The van der Waals surface area contributed by atoms with Gasteiger partial charge in [0.15, 0.2) is 0 Å². The van der Waals surface area contributed by atoms with Gasteiger partial charge >= 0.3 is 0 Å². The largest absolute Gasteiger partial charge is 0.496 e. The van der Waals surface area contributed by atoms with Crippen LogP contribution in [0.3, 0.4) is 0 Å². The summed E-state index contributed by atoms with van der Waals surface area (Å²) in [4.78, 5) is 29.7. The second kappa shape index (κ2) is 9.56. The van der Waals surface area contributed by atoms with Gasteiger partial charge < -0.3 is 18.9 Å².